The molecule has 0 bridgehead atoms. The van der Waals surface area contributed by atoms with E-state index in [0.717, 1.165) is 25.2 Å². The SMILES string of the molecule is O=C(NCCC1CCC1)NC1(C(=O)O)CCCC1. The lowest BCUT2D eigenvalue weighted by Gasteiger charge is -2.27. The Balaban J connectivity index is 1.72. The second-order valence-electron chi connectivity index (χ2n) is 5.56. The summed E-state index contributed by atoms with van der Waals surface area (Å²) in [6.45, 7) is 0.645. The Labute approximate surface area is 107 Å². The van der Waals surface area contributed by atoms with Crippen LogP contribution in [0.5, 0.6) is 0 Å². The fraction of sp³-hybridized carbons (Fsp3) is 0.846. The Bertz CT molecular complexity index is 320. The van der Waals surface area contributed by atoms with Crippen molar-refractivity contribution < 1.29 is 14.7 Å². The normalized spacial score (nSPS) is 22.2. The van der Waals surface area contributed by atoms with E-state index >= 15 is 0 Å². The Hall–Kier alpha value is -1.26. The summed E-state index contributed by atoms with van der Waals surface area (Å²) in [6, 6.07) is -0.335. The molecule has 0 unspecified atom stereocenters. The van der Waals surface area contributed by atoms with Gasteiger partial charge in [-0.15, -0.1) is 0 Å². The number of carboxylic acids is 1. The van der Waals surface area contributed by atoms with Crippen molar-refractivity contribution in [2.45, 2.75) is 56.9 Å². The topological polar surface area (TPSA) is 78.4 Å². The number of carbonyl (C=O) groups excluding carboxylic acids is 1. The second-order valence-corrected chi connectivity index (χ2v) is 5.56. The standard InChI is InChI=1S/C13H22N2O3/c16-11(17)13(7-1-2-8-13)15-12(18)14-9-6-10-4-3-5-10/h10H,1-9H2,(H,16,17)(H2,14,15,18). The Morgan fingerprint density at radius 3 is 2.33 bits per heavy atom. The highest BCUT2D eigenvalue weighted by Gasteiger charge is 2.42. The van der Waals surface area contributed by atoms with Crippen molar-refractivity contribution in [1.82, 2.24) is 10.6 Å². The molecule has 0 aromatic carbocycles. The van der Waals surface area contributed by atoms with E-state index in [2.05, 4.69) is 10.6 Å². The first-order valence-corrected chi connectivity index (χ1v) is 6.92. The van der Waals surface area contributed by atoms with Crippen LogP contribution < -0.4 is 10.6 Å². The van der Waals surface area contributed by atoms with Crippen LogP contribution in [-0.4, -0.2) is 29.2 Å². The first-order valence-electron chi connectivity index (χ1n) is 6.92. The van der Waals surface area contributed by atoms with Crippen LogP contribution in [0.25, 0.3) is 0 Å². The summed E-state index contributed by atoms with van der Waals surface area (Å²) in [5, 5.41) is 14.7. The van der Waals surface area contributed by atoms with Crippen molar-refractivity contribution in [2.75, 3.05) is 6.54 Å². The van der Waals surface area contributed by atoms with Crippen LogP contribution in [-0.2, 0) is 4.79 Å². The number of nitrogens with one attached hydrogen (secondary N) is 2. The Morgan fingerprint density at radius 1 is 1.17 bits per heavy atom. The zero-order chi connectivity index (χ0) is 13.0. The number of carbonyl (C=O) groups is 2. The molecule has 2 fully saturated rings. The van der Waals surface area contributed by atoms with Gasteiger partial charge in [0.2, 0.25) is 0 Å². The van der Waals surface area contributed by atoms with Gasteiger partial charge in [-0.25, -0.2) is 9.59 Å². The Morgan fingerprint density at radius 2 is 1.83 bits per heavy atom. The lowest BCUT2D eigenvalue weighted by Crippen LogP contribution is -2.55. The van der Waals surface area contributed by atoms with E-state index in [1.165, 1.54) is 19.3 Å². The molecule has 0 saturated heterocycles. The van der Waals surface area contributed by atoms with E-state index in [-0.39, 0.29) is 6.03 Å². The predicted molar refractivity (Wildman–Crippen MR) is 67.3 cm³/mol. The van der Waals surface area contributed by atoms with Crippen molar-refractivity contribution in [3.8, 4) is 0 Å². The van der Waals surface area contributed by atoms with Gasteiger partial charge in [-0.3, -0.25) is 0 Å². The Kier molecular flexibility index (Phi) is 4.09. The molecule has 0 aromatic rings. The highest BCUT2D eigenvalue weighted by Crippen LogP contribution is 2.30. The van der Waals surface area contributed by atoms with E-state index in [9.17, 15) is 14.7 Å². The summed E-state index contributed by atoms with van der Waals surface area (Å²) in [7, 11) is 0. The molecule has 5 heteroatoms. The fourth-order valence-corrected chi connectivity index (χ4v) is 2.80. The zero-order valence-electron chi connectivity index (χ0n) is 10.7. The number of aliphatic carboxylic acids is 1. The van der Waals surface area contributed by atoms with Gasteiger partial charge in [0, 0.05) is 6.54 Å². The lowest BCUT2D eigenvalue weighted by atomic mass is 9.83. The van der Waals surface area contributed by atoms with Crippen molar-refractivity contribution in [2.24, 2.45) is 5.92 Å². The molecule has 0 heterocycles. The van der Waals surface area contributed by atoms with E-state index < -0.39 is 11.5 Å². The number of hydrogen-bond donors (Lipinski definition) is 3. The minimum Gasteiger partial charge on any atom is -0.480 e. The summed E-state index contributed by atoms with van der Waals surface area (Å²) in [4.78, 5) is 23.0. The molecule has 0 aliphatic heterocycles. The molecule has 2 amide bonds. The monoisotopic (exact) mass is 254 g/mol. The van der Waals surface area contributed by atoms with Gasteiger partial charge in [0.1, 0.15) is 5.54 Å². The predicted octanol–water partition coefficient (Wildman–Crippen LogP) is 1.87. The largest absolute Gasteiger partial charge is 0.480 e. The summed E-state index contributed by atoms with van der Waals surface area (Å²) in [6.07, 6.45) is 7.66. The van der Waals surface area contributed by atoms with E-state index in [0.29, 0.717) is 19.4 Å². The third kappa shape index (κ3) is 2.94. The maximum Gasteiger partial charge on any atom is 0.329 e. The van der Waals surface area contributed by atoms with Gasteiger partial charge in [-0.1, -0.05) is 32.1 Å². The molecule has 102 valence electrons. The summed E-state index contributed by atoms with van der Waals surface area (Å²) < 4.78 is 0. The minimum absolute atomic E-state index is 0.335. The fourth-order valence-electron chi connectivity index (χ4n) is 2.80. The van der Waals surface area contributed by atoms with Gasteiger partial charge >= 0.3 is 12.0 Å². The van der Waals surface area contributed by atoms with Gasteiger partial charge in [0.15, 0.2) is 0 Å². The lowest BCUT2D eigenvalue weighted by molar-refractivity contribution is -0.144. The highest BCUT2D eigenvalue weighted by molar-refractivity contribution is 5.86. The molecule has 18 heavy (non-hydrogen) atoms. The summed E-state index contributed by atoms with van der Waals surface area (Å²) in [5.41, 5.74) is -1.03. The van der Waals surface area contributed by atoms with Gasteiger partial charge in [-0.05, 0) is 25.2 Å². The summed E-state index contributed by atoms with van der Waals surface area (Å²) >= 11 is 0. The van der Waals surface area contributed by atoms with Crippen LogP contribution in [0.3, 0.4) is 0 Å². The van der Waals surface area contributed by atoms with Crippen molar-refractivity contribution in [3.63, 3.8) is 0 Å². The van der Waals surface area contributed by atoms with Crippen LogP contribution in [0.15, 0.2) is 0 Å². The molecule has 2 aliphatic carbocycles. The average Bonchev–Trinajstić information content (AvgIpc) is 2.71. The summed E-state index contributed by atoms with van der Waals surface area (Å²) in [5.74, 6) is -0.153. The van der Waals surface area contributed by atoms with Crippen LogP contribution in [0.2, 0.25) is 0 Å². The third-order valence-corrected chi connectivity index (χ3v) is 4.28. The molecule has 0 atom stereocenters. The van der Waals surface area contributed by atoms with Crippen molar-refractivity contribution >= 4 is 12.0 Å². The number of amides is 2. The second kappa shape index (κ2) is 5.59. The quantitative estimate of drug-likeness (QED) is 0.701. The molecular formula is C13H22N2O3. The van der Waals surface area contributed by atoms with Crippen LogP contribution >= 0.6 is 0 Å². The average molecular weight is 254 g/mol. The number of hydrogen-bond acceptors (Lipinski definition) is 2. The van der Waals surface area contributed by atoms with E-state index in [1.54, 1.807) is 0 Å². The molecule has 2 aliphatic rings. The first-order chi connectivity index (χ1) is 8.62. The first kappa shape index (κ1) is 13.2. The van der Waals surface area contributed by atoms with Gasteiger partial charge in [0.25, 0.3) is 0 Å². The van der Waals surface area contributed by atoms with E-state index in [4.69, 9.17) is 0 Å². The molecule has 5 nitrogen and oxygen atoms in total. The van der Waals surface area contributed by atoms with Crippen LogP contribution in [0.4, 0.5) is 4.79 Å². The van der Waals surface area contributed by atoms with Gasteiger partial charge < -0.3 is 15.7 Å². The molecule has 0 radical (unpaired) electrons. The third-order valence-electron chi connectivity index (χ3n) is 4.28. The molecule has 0 aromatic heterocycles. The molecule has 2 saturated carbocycles. The maximum absolute atomic E-state index is 11.7. The number of carboxylic acid groups (broad SMARTS) is 1. The van der Waals surface area contributed by atoms with Gasteiger partial charge in [-0.2, -0.15) is 0 Å². The molecular weight excluding hydrogens is 232 g/mol. The van der Waals surface area contributed by atoms with Crippen molar-refractivity contribution in [1.29, 1.82) is 0 Å². The van der Waals surface area contributed by atoms with Crippen molar-refractivity contribution in [3.05, 3.63) is 0 Å². The van der Waals surface area contributed by atoms with E-state index in [1.807, 2.05) is 0 Å². The minimum atomic E-state index is -1.03. The van der Waals surface area contributed by atoms with Crippen LogP contribution in [0.1, 0.15) is 51.4 Å². The molecule has 3 N–H and O–H groups in total. The maximum atomic E-state index is 11.7. The number of urea groups is 1. The van der Waals surface area contributed by atoms with Crippen LogP contribution in [0, 0.1) is 5.92 Å². The van der Waals surface area contributed by atoms with Gasteiger partial charge in [0.05, 0.1) is 0 Å². The molecule has 0 spiro atoms. The smallest absolute Gasteiger partial charge is 0.329 e. The molecule has 2 rings (SSSR count). The number of rotatable bonds is 5. The highest BCUT2D eigenvalue weighted by atomic mass is 16.4. The zero-order valence-corrected chi connectivity index (χ0v) is 10.7.